The van der Waals surface area contributed by atoms with Gasteiger partial charge in [-0.3, -0.25) is 0 Å². The van der Waals surface area contributed by atoms with Gasteiger partial charge in [0.25, 0.3) is 0 Å². The molecule has 3 rings (SSSR count). The summed E-state index contributed by atoms with van der Waals surface area (Å²) >= 11 is 0. The van der Waals surface area contributed by atoms with Gasteiger partial charge in [-0.1, -0.05) is 30.3 Å². The Balaban J connectivity index is 1.97. The summed E-state index contributed by atoms with van der Waals surface area (Å²) in [5, 5.41) is 3.42. The Morgan fingerprint density at radius 3 is 2.33 bits per heavy atom. The molecule has 1 nitrogen and oxygen atoms in total. The van der Waals surface area contributed by atoms with Gasteiger partial charge in [0, 0.05) is 17.6 Å². The molecular formula is C17H16F3N. The molecule has 2 atom stereocenters. The normalized spacial score (nSPS) is 21.5. The van der Waals surface area contributed by atoms with Crippen molar-refractivity contribution in [1.29, 1.82) is 0 Å². The Bertz CT molecular complexity index is 631. The molecule has 0 saturated carbocycles. The summed E-state index contributed by atoms with van der Waals surface area (Å²) in [4.78, 5) is 0. The molecule has 0 bridgehead atoms. The van der Waals surface area contributed by atoms with E-state index in [1.54, 1.807) is 12.1 Å². The average Bonchev–Trinajstić information content (AvgIpc) is 2.45. The van der Waals surface area contributed by atoms with Gasteiger partial charge in [-0.2, -0.15) is 13.2 Å². The number of halogens is 3. The molecule has 1 heterocycles. The molecule has 1 aliphatic rings. The van der Waals surface area contributed by atoms with Crippen LogP contribution in [0.2, 0.25) is 0 Å². The molecule has 0 amide bonds. The zero-order valence-corrected chi connectivity index (χ0v) is 11.6. The second kappa shape index (κ2) is 5.10. The summed E-state index contributed by atoms with van der Waals surface area (Å²) in [6, 6.07) is 13.8. The number of hydrogen-bond acceptors (Lipinski definition) is 1. The van der Waals surface area contributed by atoms with E-state index in [0.29, 0.717) is 6.04 Å². The summed E-state index contributed by atoms with van der Waals surface area (Å²) in [6.07, 6.45) is -3.40. The number of nitrogens with one attached hydrogen (secondary N) is 1. The van der Waals surface area contributed by atoms with Gasteiger partial charge in [0.15, 0.2) is 0 Å². The largest absolute Gasteiger partial charge is 0.416 e. The molecule has 0 aliphatic carbocycles. The number of para-hydroxylation sites is 1. The Hall–Kier alpha value is -1.97. The second-order valence-corrected chi connectivity index (χ2v) is 5.54. The van der Waals surface area contributed by atoms with E-state index in [4.69, 9.17) is 0 Å². The highest BCUT2D eigenvalue weighted by atomic mass is 19.4. The van der Waals surface area contributed by atoms with Crippen molar-refractivity contribution in [3.63, 3.8) is 0 Å². The maximum atomic E-state index is 12.7. The summed E-state index contributed by atoms with van der Waals surface area (Å²) in [6.45, 7) is 2.09. The summed E-state index contributed by atoms with van der Waals surface area (Å²) in [7, 11) is 0. The van der Waals surface area contributed by atoms with Crippen LogP contribution in [0.3, 0.4) is 0 Å². The van der Waals surface area contributed by atoms with E-state index < -0.39 is 11.7 Å². The number of fused-ring (bicyclic) bond motifs is 1. The molecule has 0 spiro atoms. The molecule has 2 aromatic rings. The highest BCUT2D eigenvalue weighted by Crippen LogP contribution is 2.39. The predicted octanol–water partition coefficient (Wildman–Crippen LogP) is 5.04. The third-order valence-corrected chi connectivity index (χ3v) is 3.97. The zero-order chi connectivity index (χ0) is 15.0. The van der Waals surface area contributed by atoms with E-state index in [1.165, 1.54) is 12.1 Å². The van der Waals surface area contributed by atoms with Gasteiger partial charge in [-0.25, -0.2) is 0 Å². The molecule has 4 heteroatoms. The highest BCUT2D eigenvalue weighted by Gasteiger charge is 2.31. The van der Waals surface area contributed by atoms with Crippen molar-refractivity contribution in [3.8, 4) is 0 Å². The van der Waals surface area contributed by atoms with Gasteiger partial charge in [-0.05, 0) is 42.7 Å². The number of hydrogen-bond donors (Lipinski definition) is 1. The molecule has 1 aliphatic heterocycles. The first-order valence-corrected chi connectivity index (χ1v) is 6.98. The Kier molecular flexibility index (Phi) is 3.40. The maximum Gasteiger partial charge on any atom is 0.416 e. The second-order valence-electron chi connectivity index (χ2n) is 5.54. The lowest BCUT2D eigenvalue weighted by molar-refractivity contribution is -0.137. The molecule has 0 aromatic heterocycles. The molecule has 0 fully saturated rings. The fourth-order valence-corrected chi connectivity index (χ4v) is 2.96. The Morgan fingerprint density at radius 1 is 1.00 bits per heavy atom. The minimum absolute atomic E-state index is 0.139. The van der Waals surface area contributed by atoms with Gasteiger partial charge in [0.2, 0.25) is 0 Å². The van der Waals surface area contributed by atoms with E-state index in [9.17, 15) is 13.2 Å². The van der Waals surface area contributed by atoms with Crippen LogP contribution < -0.4 is 5.32 Å². The molecule has 2 aromatic carbocycles. The molecule has 2 unspecified atom stereocenters. The van der Waals surface area contributed by atoms with E-state index >= 15 is 0 Å². The van der Waals surface area contributed by atoms with E-state index in [-0.39, 0.29) is 5.92 Å². The molecule has 1 N–H and O–H groups in total. The van der Waals surface area contributed by atoms with Gasteiger partial charge < -0.3 is 5.32 Å². The summed E-state index contributed by atoms with van der Waals surface area (Å²) < 4.78 is 38.0. The van der Waals surface area contributed by atoms with Crippen molar-refractivity contribution < 1.29 is 13.2 Å². The monoisotopic (exact) mass is 291 g/mol. The average molecular weight is 291 g/mol. The minimum Gasteiger partial charge on any atom is -0.382 e. The Morgan fingerprint density at radius 2 is 1.67 bits per heavy atom. The first kappa shape index (κ1) is 14.0. The topological polar surface area (TPSA) is 12.0 Å². The quantitative estimate of drug-likeness (QED) is 0.776. The van der Waals surface area contributed by atoms with Crippen LogP contribution in [0.4, 0.5) is 18.9 Å². The van der Waals surface area contributed by atoms with Crippen LogP contribution >= 0.6 is 0 Å². The highest BCUT2D eigenvalue weighted by molar-refractivity contribution is 5.58. The molecule has 110 valence electrons. The first-order chi connectivity index (χ1) is 9.95. The lowest BCUT2D eigenvalue weighted by Gasteiger charge is -2.31. The van der Waals surface area contributed by atoms with Crippen LogP contribution in [0.5, 0.6) is 0 Å². The molecule has 21 heavy (non-hydrogen) atoms. The van der Waals surface area contributed by atoms with E-state index in [1.807, 2.05) is 24.3 Å². The van der Waals surface area contributed by atoms with Crippen LogP contribution in [0.15, 0.2) is 48.5 Å². The molecule has 0 radical (unpaired) electrons. The number of rotatable bonds is 1. The van der Waals surface area contributed by atoms with Crippen molar-refractivity contribution in [2.45, 2.75) is 31.5 Å². The van der Waals surface area contributed by atoms with Crippen molar-refractivity contribution >= 4 is 5.69 Å². The third kappa shape index (κ3) is 2.75. The van der Waals surface area contributed by atoms with Crippen molar-refractivity contribution in [3.05, 3.63) is 65.2 Å². The van der Waals surface area contributed by atoms with Crippen LogP contribution in [0, 0.1) is 0 Å². The lowest BCUT2D eigenvalue weighted by atomic mass is 9.82. The molecule has 0 saturated heterocycles. The number of alkyl halides is 3. The number of anilines is 1. The van der Waals surface area contributed by atoms with Crippen molar-refractivity contribution in [2.75, 3.05) is 5.32 Å². The summed E-state index contributed by atoms with van der Waals surface area (Å²) in [5.74, 6) is 0.139. The zero-order valence-electron chi connectivity index (χ0n) is 11.6. The standard InChI is InChI=1S/C17H16F3N/c1-11-10-15(14-4-2-3-5-16(14)21-11)12-6-8-13(9-7-12)17(18,19)20/h2-9,11,15,21H,10H2,1H3. The summed E-state index contributed by atoms with van der Waals surface area (Å²) in [5.41, 5.74) is 2.56. The van der Waals surface area contributed by atoms with Gasteiger partial charge in [0.1, 0.15) is 0 Å². The van der Waals surface area contributed by atoms with Gasteiger partial charge in [0.05, 0.1) is 5.56 Å². The van der Waals surface area contributed by atoms with Crippen LogP contribution in [0.1, 0.15) is 36.0 Å². The van der Waals surface area contributed by atoms with Gasteiger partial charge >= 0.3 is 6.18 Å². The predicted molar refractivity (Wildman–Crippen MR) is 77.4 cm³/mol. The number of benzene rings is 2. The third-order valence-electron chi connectivity index (χ3n) is 3.97. The van der Waals surface area contributed by atoms with Crippen LogP contribution in [-0.4, -0.2) is 6.04 Å². The maximum absolute atomic E-state index is 12.7. The molecular weight excluding hydrogens is 275 g/mol. The fourth-order valence-electron chi connectivity index (χ4n) is 2.96. The van der Waals surface area contributed by atoms with Crippen molar-refractivity contribution in [1.82, 2.24) is 0 Å². The van der Waals surface area contributed by atoms with Crippen LogP contribution in [-0.2, 0) is 6.18 Å². The van der Waals surface area contributed by atoms with Crippen LogP contribution in [0.25, 0.3) is 0 Å². The van der Waals surface area contributed by atoms with E-state index in [2.05, 4.69) is 12.2 Å². The lowest BCUT2D eigenvalue weighted by Crippen LogP contribution is -2.25. The fraction of sp³-hybridized carbons (Fsp3) is 0.294. The smallest absolute Gasteiger partial charge is 0.382 e. The van der Waals surface area contributed by atoms with Crippen molar-refractivity contribution in [2.24, 2.45) is 0 Å². The van der Waals surface area contributed by atoms with E-state index in [0.717, 1.165) is 23.2 Å². The SMILES string of the molecule is CC1CC(c2ccc(C(F)(F)F)cc2)c2ccccc2N1. The first-order valence-electron chi connectivity index (χ1n) is 6.98. The minimum atomic E-state index is -4.28. The van der Waals surface area contributed by atoms with Gasteiger partial charge in [-0.15, -0.1) is 0 Å². The Labute approximate surface area is 121 Å².